The second-order valence-corrected chi connectivity index (χ2v) is 11.1. The molecule has 0 radical (unpaired) electrons. The standard InChI is InChI=1S/C31H31F3N4O3/c1-17-12-19(16-36(2)30(17)39)18-4-11-27-26(13-18)35-29(37(27)20-5-8-22(41-3)9-6-20)28-15-25(34)31(40)38(28)21-7-10-23(32)24(33)14-21/h4,7,10-14,16,20,22,25,28H,5-6,8-9,15H2,1-3H3/t20-,22-,25-,28-/m0/s1. The van der Waals surface area contributed by atoms with Gasteiger partial charge in [0.2, 0.25) is 0 Å². The zero-order chi connectivity index (χ0) is 29.0. The number of fused-ring (bicyclic) bond motifs is 1. The number of hydrogen-bond acceptors (Lipinski definition) is 4. The van der Waals surface area contributed by atoms with Gasteiger partial charge in [-0.05, 0) is 74.1 Å². The number of methoxy groups -OCH3 is 1. The molecular formula is C31H31F3N4O3. The highest BCUT2D eigenvalue weighted by Crippen LogP contribution is 2.43. The van der Waals surface area contributed by atoms with E-state index >= 15 is 4.39 Å². The zero-order valence-electron chi connectivity index (χ0n) is 23.1. The predicted octanol–water partition coefficient (Wildman–Crippen LogP) is 5.93. The van der Waals surface area contributed by atoms with Crippen LogP contribution < -0.4 is 10.5 Å². The van der Waals surface area contributed by atoms with Crippen molar-refractivity contribution < 1.29 is 22.7 Å². The van der Waals surface area contributed by atoms with Crippen LogP contribution in [0.5, 0.6) is 0 Å². The first-order valence-electron chi connectivity index (χ1n) is 13.8. The van der Waals surface area contributed by atoms with Crippen molar-refractivity contribution in [2.75, 3.05) is 12.0 Å². The quantitative estimate of drug-likeness (QED) is 0.301. The first-order valence-corrected chi connectivity index (χ1v) is 13.8. The van der Waals surface area contributed by atoms with Crippen LogP contribution in [0.2, 0.25) is 0 Å². The van der Waals surface area contributed by atoms with Crippen LogP contribution in [0.3, 0.4) is 0 Å². The van der Waals surface area contributed by atoms with Gasteiger partial charge in [0.05, 0.1) is 23.2 Å². The Kier molecular flexibility index (Phi) is 6.97. The number of hydrogen-bond donors (Lipinski definition) is 0. The molecule has 0 N–H and O–H groups in total. The van der Waals surface area contributed by atoms with Gasteiger partial charge in [0.1, 0.15) is 5.82 Å². The van der Waals surface area contributed by atoms with Crippen molar-refractivity contribution in [1.29, 1.82) is 0 Å². The number of carbonyl (C=O) groups is 1. The van der Waals surface area contributed by atoms with Crippen LogP contribution >= 0.6 is 0 Å². The first kappa shape index (κ1) is 27.3. The van der Waals surface area contributed by atoms with E-state index in [-0.39, 0.29) is 29.8 Å². The Balaban J connectivity index is 1.50. The highest BCUT2D eigenvalue weighted by atomic mass is 19.2. The lowest BCUT2D eigenvalue weighted by molar-refractivity contribution is -0.121. The van der Waals surface area contributed by atoms with Crippen molar-refractivity contribution in [2.45, 2.75) is 63.4 Å². The SMILES string of the molecule is CO[C@H]1CC[C@H](n2c([C@@H]3C[C@H](F)C(=O)N3c3ccc(F)c(F)c3)nc3cc(-c4cc(C)c(=O)n(C)c4)ccc32)CC1. The maximum Gasteiger partial charge on any atom is 0.262 e. The number of rotatable bonds is 5. The fourth-order valence-corrected chi connectivity index (χ4v) is 6.36. The summed E-state index contributed by atoms with van der Waals surface area (Å²) in [6.07, 6.45) is 3.29. The van der Waals surface area contributed by atoms with Gasteiger partial charge in [-0.2, -0.15) is 0 Å². The predicted molar refractivity (Wildman–Crippen MR) is 150 cm³/mol. The molecule has 7 nitrogen and oxygen atoms in total. The molecule has 4 aromatic rings. The lowest BCUT2D eigenvalue weighted by Crippen LogP contribution is -2.32. The Hall–Kier alpha value is -3.92. The van der Waals surface area contributed by atoms with Crippen LogP contribution in [0, 0.1) is 18.6 Å². The fourth-order valence-electron chi connectivity index (χ4n) is 6.36. The van der Waals surface area contributed by atoms with Gasteiger partial charge in [-0.25, -0.2) is 18.2 Å². The van der Waals surface area contributed by atoms with E-state index in [0.717, 1.165) is 54.5 Å². The highest BCUT2D eigenvalue weighted by molar-refractivity contribution is 5.99. The summed E-state index contributed by atoms with van der Waals surface area (Å²) in [6.45, 7) is 1.77. The zero-order valence-corrected chi connectivity index (χ0v) is 23.1. The molecule has 214 valence electrons. The van der Waals surface area contributed by atoms with Gasteiger partial charge < -0.3 is 13.9 Å². The van der Waals surface area contributed by atoms with E-state index in [1.165, 1.54) is 11.0 Å². The van der Waals surface area contributed by atoms with Crippen LogP contribution in [0.4, 0.5) is 18.9 Å². The largest absolute Gasteiger partial charge is 0.381 e. The van der Waals surface area contributed by atoms with E-state index in [0.29, 0.717) is 16.9 Å². The van der Waals surface area contributed by atoms with Crippen molar-refractivity contribution in [3.05, 3.63) is 82.0 Å². The molecule has 41 heavy (non-hydrogen) atoms. The minimum atomic E-state index is -1.80. The minimum absolute atomic E-state index is 0.0348. The number of alkyl halides is 1. The van der Waals surface area contributed by atoms with Crippen molar-refractivity contribution in [3.63, 3.8) is 0 Å². The average Bonchev–Trinajstić information content (AvgIpc) is 3.49. The third-order valence-electron chi connectivity index (χ3n) is 8.48. The molecule has 1 aliphatic carbocycles. The highest BCUT2D eigenvalue weighted by Gasteiger charge is 2.45. The van der Waals surface area contributed by atoms with E-state index in [1.54, 1.807) is 31.8 Å². The Morgan fingerprint density at radius 1 is 0.951 bits per heavy atom. The summed E-state index contributed by atoms with van der Waals surface area (Å²) < 4.78 is 52.2. The monoisotopic (exact) mass is 564 g/mol. The molecule has 2 aliphatic rings. The summed E-state index contributed by atoms with van der Waals surface area (Å²) in [5, 5.41) is 0. The van der Waals surface area contributed by atoms with E-state index in [9.17, 15) is 18.4 Å². The Bertz CT molecular complexity index is 1680. The number of pyridine rings is 1. The van der Waals surface area contributed by atoms with Crippen molar-refractivity contribution in [3.8, 4) is 11.1 Å². The van der Waals surface area contributed by atoms with Gasteiger partial charge in [-0.1, -0.05) is 6.07 Å². The number of ether oxygens (including phenoxy) is 1. The molecule has 1 amide bonds. The second kappa shape index (κ2) is 10.5. The smallest absolute Gasteiger partial charge is 0.262 e. The third-order valence-corrected chi connectivity index (χ3v) is 8.48. The lowest BCUT2D eigenvalue weighted by atomic mass is 9.92. The lowest BCUT2D eigenvalue weighted by Gasteiger charge is -2.32. The molecule has 2 fully saturated rings. The van der Waals surface area contributed by atoms with Gasteiger partial charge in [0, 0.05) is 50.1 Å². The Morgan fingerprint density at radius 2 is 1.71 bits per heavy atom. The molecule has 0 unspecified atom stereocenters. The number of carbonyl (C=O) groups excluding carboxylic acids is 1. The number of aromatic nitrogens is 3. The van der Waals surface area contributed by atoms with Gasteiger partial charge in [0.15, 0.2) is 17.8 Å². The molecule has 2 atom stereocenters. The summed E-state index contributed by atoms with van der Waals surface area (Å²) in [6, 6.07) is 10.1. The molecule has 10 heteroatoms. The van der Waals surface area contributed by atoms with Crippen LogP contribution in [0.15, 0.2) is 53.5 Å². The fraction of sp³-hybridized carbons (Fsp3) is 0.387. The van der Waals surface area contributed by atoms with Gasteiger partial charge >= 0.3 is 0 Å². The Labute approximate surface area is 235 Å². The maximum atomic E-state index is 15.0. The maximum absolute atomic E-state index is 15.0. The van der Waals surface area contributed by atoms with E-state index in [2.05, 4.69) is 4.57 Å². The second-order valence-electron chi connectivity index (χ2n) is 11.1. The molecule has 2 aromatic heterocycles. The van der Waals surface area contributed by atoms with Crippen molar-refractivity contribution in [2.24, 2.45) is 7.05 Å². The van der Waals surface area contributed by atoms with E-state index in [1.807, 2.05) is 24.3 Å². The Morgan fingerprint density at radius 3 is 2.39 bits per heavy atom. The molecule has 0 spiro atoms. The molecule has 1 saturated carbocycles. The molecule has 0 bridgehead atoms. The topological polar surface area (TPSA) is 69.4 Å². The number of nitrogens with zero attached hydrogens (tertiary/aromatic N) is 4. The summed E-state index contributed by atoms with van der Waals surface area (Å²) in [4.78, 5) is 31.5. The van der Waals surface area contributed by atoms with E-state index < -0.39 is 29.8 Å². The molecule has 6 rings (SSSR count). The van der Waals surface area contributed by atoms with Gasteiger partial charge in [-0.3, -0.25) is 14.5 Å². The van der Waals surface area contributed by atoms with Gasteiger partial charge in [-0.15, -0.1) is 0 Å². The molecule has 1 aliphatic heterocycles. The van der Waals surface area contributed by atoms with Crippen LogP contribution in [-0.4, -0.2) is 39.4 Å². The summed E-state index contributed by atoms with van der Waals surface area (Å²) in [5.74, 6) is -2.45. The molecule has 3 heterocycles. The van der Waals surface area contributed by atoms with Crippen LogP contribution in [0.25, 0.3) is 22.2 Å². The van der Waals surface area contributed by atoms with Gasteiger partial charge in [0.25, 0.3) is 11.5 Å². The van der Waals surface area contributed by atoms with Crippen LogP contribution in [-0.2, 0) is 16.6 Å². The van der Waals surface area contributed by atoms with Crippen molar-refractivity contribution in [1.82, 2.24) is 14.1 Å². The number of benzene rings is 2. The van der Waals surface area contributed by atoms with E-state index in [4.69, 9.17) is 9.72 Å². The minimum Gasteiger partial charge on any atom is -0.381 e. The number of imidazole rings is 1. The van der Waals surface area contributed by atoms with Crippen LogP contribution in [0.1, 0.15) is 55.6 Å². The average molecular weight is 565 g/mol. The normalized spacial score (nSPS) is 23.1. The molecule has 2 aromatic carbocycles. The third kappa shape index (κ3) is 4.73. The molecular weight excluding hydrogens is 533 g/mol. The van der Waals surface area contributed by atoms with Crippen molar-refractivity contribution >= 4 is 22.6 Å². The molecule has 1 saturated heterocycles. The summed E-state index contributed by atoms with van der Waals surface area (Å²) >= 11 is 0. The number of aryl methyl sites for hydroxylation is 2. The number of amides is 1. The summed E-state index contributed by atoms with van der Waals surface area (Å²) in [5.41, 5.74) is 3.85. The number of anilines is 1. The first-order chi connectivity index (χ1) is 19.7. The number of halogens is 3. The summed E-state index contributed by atoms with van der Waals surface area (Å²) in [7, 11) is 3.41.